The van der Waals surface area contributed by atoms with Gasteiger partial charge in [-0.15, -0.1) is 0 Å². The molecular weight excluding hydrogens is 484 g/mol. The molecule has 0 heterocycles. The average molecular weight is 533 g/mol. The summed E-state index contributed by atoms with van der Waals surface area (Å²) >= 11 is 0. The van der Waals surface area contributed by atoms with Gasteiger partial charge in [0.25, 0.3) is 0 Å². The van der Waals surface area contributed by atoms with E-state index in [9.17, 15) is 19.2 Å². The summed E-state index contributed by atoms with van der Waals surface area (Å²) in [6.07, 6.45) is 12.2. The Morgan fingerprint density at radius 3 is 1.57 bits per heavy atom. The van der Waals surface area contributed by atoms with Crippen LogP contribution in [-0.2, 0) is 38.1 Å². The van der Waals surface area contributed by atoms with Crippen molar-refractivity contribution in [3.8, 4) is 0 Å². The Hall–Kier alpha value is -2.08. The third-order valence-electron chi connectivity index (χ3n) is 5.34. The lowest BCUT2D eigenvalue weighted by Crippen LogP contribution is -2.31. The number of hydrogen-bond acceptors (Lipinski definition) is 8. The monoisotopic (exact) mass is 532 g/mol. The average Bonchev–Trinajstić information content (AvgIpc) is 2.87. The van der Waals surface area contributed by atoms with Gasteiger partial charge in [-0.2, -0.15) is 0 Å². The van der Waals surface area contributed by atoms with E-state index in [2.05, 4.69) is 10.6 Å². The molecule has 0 atom stereocenters. The molecule has 216 valence electrons. The van der Waals surface area contributed by atoms with Crippen LogP contribution in [0.2, 0.25) is 0 Å². The molecule has 0 bridgehead atoms. The van der Waals surface area contributed by atoms with Crippen LogP contribution in [0, 0.1) is 0 Å². The summed E-state index contributed by atoms with van der Waals surface area (Å²) in [4.78, 5) is 43.9. The van der Waals surface area contributed by atoms with E-state index in [-0.39, 0.29) is 38.1 Å². The Morgan fingerprint density at radius 2 is 1.03 bits per heavy atom. The van der Waals surface area contributed by atoms with E-state index in [1.54, 1.807) is 0 Å². The highest BCUT2D eigenvalue weighted by Crippen LogP contribution is 2.12. The molecule has 0 radical (unpaired) electrons. The molecule has 0 aliphatic heterocycles. The first kappa shape index (κ1) is 34.9. The van der Waals surface area contributed by atoms with Crippen molar-refractivity contribution in [1.82, 2.24) is 10.6 Å². The molecule has 0 aromatic heterocycles. The standard InChI is InChI=1S/C26H48N2O9/c29-15-18-36-20-19-34-17-14-28-25(31)23-37-22-21-35-16-13-27-24(30)11-9-7-5-3-1-2-4-6-8-10-12-26(32)33/h15H,1-14,16-23H2,(H,27,30)(H,28,31)(H,32,33). The number of unbranched alkanes of at least 4 members (excludes halogenated alkanes) is 9. The second-order valence-electron chi connectivity index (χ2n) is 8.65. The molecule has 3 N–H and O–H groups in total. The summed E-state index contributed by atoms with van der Waals surface area (Å²) < 4.78 is 20.8. The molecule has 11 heteroatoms. The maximum Gasteiger partial charge on any atom is 0.303 e. The van der Waals surface area contributed by atoms with Crippen molar-refractivity contribution in [3.63, 3.8) is 0 Å². The van der Waals surface area contributed by atoms with Gasteiger partial charge in [0.2, 0.25) is 11.8 Å². The van der Waals surface area contributed by atoms with E-state index in [0.717, 1.165) is 38.5 Å². The zero-order valence-corrected chi connectivity index (χ0v) is 22.3. The number of rotatable bonds is 29. The quantitative estimate of drug-likeness (QED) is 0.0973. The van der Waals surface area contributed by atoms with E-state index in [0.29, 0.717) is 58.8 Å². The highest BCUT2D eigenvalue weighted by molar-refractivity contribution is 5.77. The van der Waals surface area contributed by atoms with Gasteiger partial charge in [-0.05, 0) is 12.8 Å². The van der Waals surface area contributed by atoms with Crippen LogP contribution in [0.1, 0.15) is 77.0 Å². The summed E-state index contributed by atoms with van der Waals surface area (Å²) in [6.45, 7) is 2.89. The third-order valence-corrected chi connectivity index (χ3v) is 5.34. The summed E-state index contributed by atoms with van der Waals surface area (Å²) in [6, 6.07) is 0. The van der Waals surface area contributed by atoms with E-state index < -0.39 is 5.97 Å². The molecule has 37 heavy (non-hydrogen) atoms. The van der Waals surface area contributed by atoms with Crippen LogP contribution in [-0.4, -0.2) is 95.1 Å². The molecule has 0 saturated heterocycles. The number of carboxylic acids is 1. The number of nitrogens with one attached hydrogen (secondary N) is 2. The zero-order valence-electron chi connectivity index (χ0n) is 22.3. The highest BCUT2D eigenvalue weighted by Gasteiger charge is 2.03. The number of aliphatic carboxylic acids is 1. The SMILES string of the molecule is O=CCOCCOCCNC(=O)COCCOCCNC(=O)CCCCCCCCCCCCC(=O)O. The number of carboxylic acid groups (broad SMARTS) is 1. The molecular formula is C26H48N2O9. The largest absolute Gasteiger partial charge is 0.481 e. The molecule has 11 nitrogen and oxygen atoms in total. The van der Waals surface area contributed by atoms with Gasteiger partial charge < -0.3 is 39.5 Å². The van der Waals surface area contributed by atoms with Gasteiger partial charge in [0.1, 0.15) is 19.5 Å². The van der Waals surface area contributed by atoms with Crippen molar-refractivity contribution in [2.75, 3.05) is 65.9 Å². The Kier molecular flexibility index (Phi) is 26.9. The maximum atomic E-state index is 11.8. The Labute approximate surface area is 221 Å². The molecule has 0 aliphatic rings. The summed E-state index contributed by atoms with van der Waals surface area (Å²) in [5.41, 5.74) is 0. The molecule has 0 aromatic carbocycles. The normalized spacial score (nSPS) is 10.8. The Balaban J connectivity index is 3.26. The molecule has 0 unspecified atom stereocenters. The minimum atomic E-state index is -0.709. The number of aldehydes is 1. The lowest BCUT2D eigenvalue weighted by Gasteiger charge is -2.08. The molecule has 0 spiro atoms. The molecule has 2 amide bonds. The van der Waals surface area contributed by atoms with Crippen LogP contribution in [0.25, 0.3) is 0 Å². The second-order valence-corrected chi connectivity index (χ2v) is 8.65. The van der Waals surface area contributed by atoms with Crippen LogP contribution in [0.15, 0.2) is 0 Å². The van der Waals surface area contributed by atoms with E-state index in [1.165, 1.54) is 25.7 Å². The predicted octanol–water partition coefficient (Wildman–Crippen LogP) is 2.25. The van der Waals surface area contributed by atoms with E-state index >= 15 is 0 Å². The van der Waals surface area contributed by atoms with Gasteiger partial charge in [-0.3, -0.25) is 14.4 Å². The maximum absolute atomic E-state index is 11.8. The Morgan fingerprint density at radius 1 is 0.568 bits per heavy atom. The van der Waals surface area contributed by atoms with Crippen molar-refractivity contribution in [2.24, 2.45) is 0 Å². The van der Waals surface area contributed by atoms with Gasteiger partial charge in [0.05, 0.1) is 39.6 Å². The fourth-order valence-electron chi connectivity index (χ4n) is 3.38. The van der Waals surface area contributed by atoms with Crippen molar-refractivity contribution >= 4 is 24.1 Å². The van der Waals surface area contributed by atoms with Crippen LogP contribution in [0.3, 0.4) is 0 Å². The first-order valence-electron chi connectivity index (χ1n) is 13.6. The van der Waals surface area contributed by atoms with Crippen LogP contribution in [0.4, 0.5) is 0 Å². The van der Waals surface area contributed by atoms with Crippen LogP contribution >= 0.6 is 0 Å². The fourth-order valence-corrected chi connectivity index (χ4v) is 3.38. The third kappa shape index (κ3) is 30.0. The molecule has 0 saturated carbocycles. The lowest BCUT2D eigenvalue weighted by atomic mass is 10.1. The first-order chi connectivity index (χ1) is 18.1. The molecule has 0 aromatic rings. The van der Waals surface area contributed by atoms with Crippen LogP contribution < -0.4 is 10.6 Å². The Bertz CT molecular complexity index is 576. The lowest BCUT2D eigenvalue weighted by molar-refractivity contribution is -0.137. The van der Waals surface area contributed by atoms with E-state index in [4.69, 9.17) is 24.1 Å². The van der Waals surface area contributed by atoms with Crippen molar-refractivity contribution < 1.29 is 43.2 Å². The van der Waals surface area contributed by atoms with Crippen molar-refractivity contribution in [3.05, 3.63) is 0 Å². The molecule has 0 rings (SSSR count). The number of amides is 2. The van der Waals surface area contributed by atoms with Gasteiger partial charge in [-0.25, -0.2) is 0 Å². The highest BCUT2D eigenvalue weighted by atomic mass is 16.5. The van der Waals surface area contributed by atoms with Gasteiger partial charge in [-0.1, -0.05) is 51.4 Å². The zero-order chi connectivity index (χ0) is 27.2. The number of carbonyl (C=O) groups excluding carboxylic acids is 3. The number of carbonyl (C=O) groups is 4. The van der Waals surface area contributed by atoms with Gasteiger partial charge in [0, 0.05) is 25.9 Å². The summed E-state index contributed by atoms with van der Waals surface area (Å²) in [7, 11) is 0. The van der Waals surface area contributed by atoms with Crippen molar-refractivity contribution in [1.29, 1.82) is 0 Å². The smallest absolute Gasteiger partial charge is 0.303 e. The fraction of sp³-hybridized carbons (Fsp3) is 0.846. The molecule has 0 fully saturated rings. The number of ether oxygens (including phenoxy) is 4. The summed E-state index contributed by atoms with van der Waals surface area (Å²) in [5, 5.41) is 14.1. The van der Waals surface area contributed by atoms with Crippen LogP contribution in [0.5, 0.6) is 0 Å². The van der Waals surface area contributed by atoms with Gasteiger partial charge >= 0.3 is 5.97 Å². The van der Waals surface area contributed by atoms with Gasteiger partial charge in [0.15, 0.2) is 0 Å². The summed E-state index contributed by atoms with van der Waals surface area (Å²) in [5.74, 6) is -0.910. The number of hydrogen-bond donors (Lipinski definition) is 3. The van der Waals surface area contributed by atoms with E-state index in [1.807, 2.05) is 0 Å². The molecule has 0 aliphatic carbocycles. The topological polar surface area (TPSA) is 149 Å². The minimum absolute atomic E-state index is 0.0374. The minimum Gasteiger partial charge on any atom is -0.481 e. The second kappa shape index (κ2) is 28.5. The first-order valence-corrected chi connectivity index (χ1v) is 13.6. The predicted molar refractivity (Wildman–Crippen MR) is 138 cm³/mol. The van der Waals surface area contributed by atoms with Crippen molar-refractivity contribution in [2.45, 2.75) is 77.0 Å².